The smallest absolute Gasteiger partial charge is 0.171 e. The molecule has 0 aliphatic carbocycles. The molecule has 0 fully saturated rings. The SMILES string of the molecule is Cc1cc(C)c(Oc2cccc(N(c3ccc(C)c(O)c3C)c3ccc(C)c(O)c3C)c2)c(O)c1. The zero-order valence-corrected chi connectivity index (χ0v) is 21.0. The van der Waals surface area contributed by atoms with E-state index in [9.17, 15) is 15.3 Å². The van der Waals surface area contributed by atoms with Gasteiger partial charge in [0, 0.05) is 22.9 Å². The van der Waals surface area contributed by atoms with Crippen molar-refractivity contribution in [2.24, 2.45) is 0 Å². The summed E-state index contributed by atoms with van der Waals surface area (Å²) in [6.45, 7) is 11.3. The summed E-state index contributed by atoms with van der Waals surface area (Å²) in [5.74, 6) is 1.51. The molecule has 0 aliphatic heterocycles. The number of hydrogen-bond acceptors (Lipinski definition) is 5. The number of hydrogen-bond donors (Lipinski definition) is 3. The van der Waals surface area contributed by atoms with Crippen LogP contribution in [0.4, 0.5) is 17.1 Å². The first kappa shape index (κ1) is 24.0. The van der Waals surface area contributed by atoms with Crippen molar-refractivity contribution >= 4 is 17.1 Å². The zero-order chi connectivity index (χ0) is 25.4. The number of nitrogens with zero attached hydrogens (tertiary/aromatic N) is 1. The average Bonchev–Trinajstić information content (AvgIpc) is 2.81. The number of aromatic hydroxyl groups is 3. The second kappa shape index (κ2) is 9.26. The summed E-state index contributed by atoms with van der Waals surface area (Å²) in [5, 5.41) is 31.9. The molecule has 0 heterocycles. The van der Waals surface area contributed by atoms with Gasteiger partial charge in [0.15, 0.2) is 11.5 Å². The van der Waals surface area contributed by atoms with Crippen LogP contribution >= 0.6 is 0 Å². The highest BCUT2D eigenvalue weighted by Crippen LogP contribution is 2.45. The molecule has 3 N–H and O–H groups in total. The minimum Gasteiger partial charge on any atom is -0.507 e. The van der Waals surface area contributed by atoms with Gasteiger partial charge in [-0.05, 0) is 94.1 Å². The molecule has 5 nitrogen and oxygen atoms in total. The third-order valence-corrected chi connectivity index (χ3v) is 6.39. The molecule has 4 rings (SSSR count). The van der Waals surface area contributed by atoms with E-state index in [1.165, 1.54) is 0 Å². The Morgan fingerprint density at radius 2 is 1.20 bits per heavy atom. The number of phenolic OH excluding ortho intramolecular Hbond substituents is 3. The topological polar surface area (TPSA) is 73.2 Å². The molecule has 0 atom stereocenters. The Morgan fingerprint density at radius 3 is 1.74 bits per heavy atom. The van der Waals surface area contributed by atoms with Crippen LogP contribution in [-0.2, 0) is 0 Å². The molecule has 0 aromatic heterocycles. The number of benzene rings is 4. The van der Waals surface area contributed by atoms with Crippen molar-refractivity contribution < 1.29 is 20.1 Å². The van der Waals surface area contributed by atoms with Crippen LogP contribution in [0.1, 0.15) is 33.4 Å². The second-order valence-electron chi connectivity index (χ2n) is 9.12. The molecular weight excluding hydrogens is 438 g/mol. The van der Waals surface area contributed by atoms with E-state index < -0.39 is 0 Å². The predicted molar refractivity (Wildman–Crippen MR) is 141 cm³/mol. The molecule has 0 bridgehead atoms. The lowest BCUT2D eigenvalue weighted by Gasteiger charge is -2.30. The van der Waals surface area contributed by atoms with Crippen LogP contribution < -0.4 is 9.64 Å². The summed E-state index contributed by atoms with van der Waals surface area (Å²) >= 11 is 0. The summed E-state index contributed by atoms with van der Waals surface area (Å²) in [6, 6.07) is 18.9. The van der Waals surface area contributed by atoms with Gasteiger partial charge in [0.05, 0.1) is 11.4 Å². The Kier molecular flexibility index (Phi) is 6.35. The van der Waals surface area contributed by atoms with Crippen LogP contribution in [-0.4, -0.2) is 15.3 Å². The van der Waals surface area contributed by atoms with Gasteiger partial charge < -0.3 is 25.0 Å². The average molecular weight is 470 g/mol. The molecule has 0 spiro atoms. The molecule has 35 heavy (non-hydrogen) atoms. The van der Waals surface area contributed by atoms with Crippen molar-refractivity contribution in [3.05, 3.63) is 94.0 Å². The minimum atomic E-state index is 0.0864. The fraction of sp³-hybridized carbons (Fsp3) is 0.200. The number of aryl methyl sites for hydroxylation is 4. The standard InChI is InChI=1S/C30H31NO4/c1-17-14-20(4)30(27(32)15-17)35-24-9-7-8-23(16-24)31(25-12-10-18(2)28(33)21(25)5)26-13-11-19(3)29(34)22(26)6/h7-16,32-34H,1-6H3. The van der Waals surface area contributed by atoms with Gasteiger partial charge in [-0.3, -0.25) is 0 Å². The van der Waals surface area contributed by atoms with Crippen molar-refractivity contribution in [2.45, 2.75) is 41.5 Å². The van der Waals surface area contributed by atoms with Crippen molar-refractivity contribution in [3.63, 3.8) is 0 Å². The van der Waals surface area contributed by atoms with Crippen LogP contribution in [0.2, 0.25) is 0 Å². The fourth-order valence-electron chi connectivity index (χ4n) is 4.41. The Bertz CT molecular complexity index is 1340. The molecular formula is C30H31NO4. The van der Waals surface area contributed by atoms with E-state index in [0.717, 1.165) is 50.4 Å². The summed E-state index contributed by atoms with van der Waals surface area (Å²) in [7, 11) is 0. The first-order valence-corrected chi connectivity index (χ1v) is 11.5. The van der Waals surface area contributed by atoms with E-state index in [1.54, 1.807) is 6.07 Å². The maximum absolute atomic E-state index is 10.7. The molecule has 0 saturated carbocycles. The third-order valence-electron chi connectivity index (χ3n) is 6.39. The first-order valence-electron chi connectivity index (χ1n) is 11.5. The quantitative estimate of drug-likeness (QED) is 0.277. The summed E-state index contributed by atoms with van der Waals surface area (Å²) in [5.41, 5.74) is 7.17. The van der Waals surface area contributed by atoms with E-state index in [-0.39, 0.29) is 17.2 Å². The summed E-state index contributed by atoms with van der Waals surface area (Å²) < 4.78 is 6.13. The van der Waals surface area contributed by atoms with Gasteiger partial charge in [0.25, 0.3) is 0 Å². The molecule has 0 amide bonds. The highest BCUT2D eigenvalue weighted by Gasteiger charge is 2.21. The largest absolute Gasteiger partial charge is 0.507 e. The minimum absolute atomic E-state index is 0.0864. The van der Waals surface area contributed by atoms with Gasteiger partial charge in [0.2, 0.25) is 0 Å². The van der Waals surface area contributed by atoms with Crippen molar-refractivity contribution in [2.75, 3.05) is 4.90 Å². The van der Waals surface area contributed by atoms with Crippen molar-refractivity contribution in [3.8, 4) is 28.7 Å². The molecule has 0 unspecified atom stereocenters. The van der Waals surface area contributed by atoms with Crippen LogP contribution in [0.25, 0.3) is 0 Å². The Labute approximate surface area is 206 Å². The van der Waals surface area contributed by atoms with E-state index in [0.29, 0.717) is 11.5 Å². The maximum Gasteiger partial charge on any atom is 0.171 e. The van der Waals surface area contributed by atoms with Crippen LogP contribution in [0.15, 0.2) is 60.7 Å². The summed E-state index contributed by atoms with van der Waals surface area (Å²) in [6.07, 6.45) is 0. The van der Waals surface area contributed by atoms with E-state index in [4.69, 9.17) is 4.74 Å². The lowest BCUT2D eigenvalue weighted by molar-refractivity contribution is 0.408. The first-order chi connectivity index (χ1) is 16.6. The zero-order valence-electron chi connectivity index (χ0n) is 21.0. The highest BCUT2D eigenvalue weighted by atomic mass is 16.5. The van der Waals surface area contributed by atoms with Crippen LogP contribution in [0.5, 0.6) is 28.7 Å². The molecule has 5 heteroatoms. The molecule has 0 saturated heterocycles. The van der Waals surface area contributed by atoms with Gasteiger partial charge in [-0.25, -0.2) is 0 Å². The van der Waals surface area contributed by atoms with Crippen molar-refractivity contribution in [1.82, 2.24) is 0 Å². The fourth-order valence-corrected chi connectivity index (χ4v) is 4.41. The van der Waals surface area contributed by atoms with Crippen molar-refractivity contribution in [1.29, 1.82) is 0 Å². The maximum atomic E-state index is 10.7. The number of ether oxygens (including phenoxy) is 1. The lowest BCUT2D eigenvalue weighted by atomic mass is 10.0. The highest BCUT2D eigenvalue weighted by molar-refractivity contribution is 5.83. The molecule has 4 aromatic carbocycles. The van der Waals surface area contributed by atoms with Gasteiger partial charge >= 0.3 is 0 Å². The Balaban J connectivity index is 1.89. The van der Waals surface area contributed by atoms with Gasteiger partial charge in [0.1, 0.15) is 17.2 Å². The molecule has 4 aromatic rings. The van der Waals surface area contributed by atoms with E-state index >= 15 is 0 Å². The van der Waals surface area contributed by atoms with Crippen LogP contribution in [0.3, 0.4) is 0 Å². The van der Waals surface area contributed by atoms with Gasteiger partial charge in [-0.1, -0.05) is 24.3 Å². The second-order valence-corrected chi connectivity index (χ2v) is 9.12. The molecule has 180 valence electrons. The van der Waals surface area contributed by atoms with Gasteiger partial charge in [-0.2, -0.15) is 0 Å². The van der Waals surface area contributed by atoms with Crippen LogP contribution in [0, 0.1) is 41.5 Å². The lowest BCUT2D eigenvalue weighted by Crippen LogP contribution is -2.13. The monoisotopic (exact) mass is 469 g/mol. The van der Waals surface area contributed by atoms with E-state index in [1.807, 2.05) is 101 Å². The predicted octanol–water partition coefficient (Wildman–Crippen LogP) is 7.92. The summed E-state index contributed by atoms with van der Waals surface area (Å²) in [4.78, 5) is 2.00. The molecule has 0 aliphatic rings. The number of rotatable bonds is 5. The Morgan fingerprint density at radius 1 is 0.629 bits per heavy atom. The number of anilines is 3. The number of phenols is 3. The Hall–Kier alpha value is -4.12. The van der Waals surface area contributed by atoms with E-state index in [2.05, 4.69) is 0 Å². The molecule has 0 radical (unpaired) electrons. The van der Waals surface area contributed by atoms with Gasteiger partial charge in [-0.15, -0.1) is 0 Å². The third kappa shape index (κ3) is 4.50. The normalized spacial score (nSPS) is 10.9.